The average molecular weight is 367 g/mol. The predicted molar refractivity (Wildman–Crippen MR) is 92.8 cm³/mol. The average Bonchev–Trinajstić information content (AvgIpc) is 2.55. The number of hydrogen-bond donors (Lipinski definition) is 0. The Hall–Kier alpha value is -2.04. The van der Waals surface area contributed by atoms with E-state index in [1.165, 1.54) is 0 Å². The standard InChI is InChI=1S/C18H16Cl2O4/c1-2-23-18(22)10-17(21)12-6-8-13(9-7-12)24-11-14-15(19)4-3-5-16(14)20/h3-9H,2,10-11H2,1H3. The minimum absolute atomic E-state index is 0.217. The highest BCUT2D eigenvalue weighted by molar-refractivity contribution is 6.35. The summed E-state index contributed by atoms with van der Waals surface area (Å²) in [5.41, 5.74) is 1.12. The molecule has 0 heterocycles. The summed E-state index contributed by atoms with van der Waals surface area (Å²) >= 11 is 12.2. The largest absolute Gasteiger partial charge is 0.489 e. The molecule has 0 fully saturated rings. The van der Waals surface area contributed by atoms with Gasteiger partial charge in [-0.25, -0.2) is 0 Å². The van der Waals surface area contributed by atoms with E-state index in [4.69, 9.17) is 32.7 Å². The topological polar surface area (TPSA) is 52.6 Å². The lowest BCUT2D eigenvalue weighted by molar-refractivity contribution is -0.141. The number of carbonyl (C=O) groups is 2. The molecule has 2 rings (SSSR count). The first-order valence-electron chi connectivity index (χ1n) is 7.35. The number of benzene rings is 2. The molecule has 126 valence electrons. The Morgan fingerprint density at radius 1 is 1.00 bits per heavy atom. The molecule has 0 atom stereocenters. The third-order valence-electron chi connectivity index (χ3n) is 3.23. The molecule has 0 aliphatic carbocycles. The zero-order valence-electron chi connectivity index (χ0n) is 13.1. The second kappa shape index (κ2) is 8.71. The van der Waals surface area contributed by atoms with Gasteiger partial charge in [0.25, 0.3) is 0 Å². The summed E-state index contributed by atoms with van der Waals surface area (Å²) in [4.78, 5) is 23.3. The highest BCUT2D eigenvalue weighted by Gasteiger charge is 2.13. The number of Topliss-reactive ketones (excluding diaryl/α,β-unsaturated/α-hetero) is 1. The van der Waals surface area contributed by atoms with Gasteiger partial charge in [0.2, 0.25) is 0 Å². The summed E-state index contributed by atoms with van der Waals surface area (Å²) in [7, 11) is 0. The van der Waals surface area contributed by atoms with Crippen molar-refractivity contribution < 1.29 is 19.1 Å². The molecule has 0 aromatic heterocycles. The maximum absolute atomic E-state index is 11.9. The third-order valence-corrected chi connectivity index (χ3v) is 3.94. The smallest absolute Gasteiger partial charge is 0.313 e. The fourth-order valence-corrected chi connectivity index (χ4v) is 2.51. The second-order valence-corrected chi connectivity index (χ2v) is 5.73. The molecular weight excluding hydrogens is 351 g/mol. The summed E-state index contributed by atoms with van der Waals surface area (Å²) in [6.45, 7) is 2.16. The highest BCUT2D eigenvalue weighted by atomic mass is 35.5. The van der Waals surface area contributed by atoms with E-state index in [0.29, 0.717) is 26.9 Å². The molecule has 0 aliphatic rings. The fraction of sp³-hybridized carbons (Fsp3) is 0.222. The summed E-state index contributed by atoms with van der Waals surface area (Å²) in [6, 6.07) is 11.8. The Morgan fingerprint density at radius 2 is 1.62 bits per heavy atom. The Balaban J connectivity index is 1.97. The Labute approximate surface area is 150 Å². The van der Waals surface area contributed by atoms with E-state index in [0.717, 1.165) is 0 Å². The van der Waals surface area contributed by atoms with Gasteiger partial charge in [-0.15, -0.1) is 0 Å². The molecule has 0 bridgehead atoms. The van der Waals surface area contributed by atoms with Crippen LogP contribution in [0.25, 0.3) is 0 Å². The van der Waals surface area contributed by atoms with E-state index in [1.54, 1.807) is 49.4 Å². The summed E-state index contributed by atoms with van der Waals surface area (Å²) < 4.78 is 10.4. The molecule has 0 spiro atoms. The van der Waals surface area contributed by atoms with Crippen molar-refractivity contribution in [3.05, 3.63) is 63.6 Å². The second-order valence-electron chi connectivity index (χ2n) is 4.92. The number of ether oxygens (including phenoxy) is 2. The van der Waals surface area contributed by atoms with Gasteiger partial charge in [0, 0.05) is 21.2 Å². The monoisotopic (exact) mass is 366 g/mol. The molecule has 4 nitrogen and oxygen atoms in total. The van der Waals surface area contributed by atoms with E-state index >= 15 is 0 Å². The molecule has 0 saturated heterocycles. The molecular formula is C18H16Cl2O4. The van der Waals surface area contributed by atoms with Gasteiger partial charge < -0.3 is 9.47 Å². The number of carbonyl (C=O) groups excluding carboxylic acids is 2. The summed E-state index contributed by atoms with van der Waals surface area (Å²) in [6.07, 6.45) is -0.275. The number of halogens is 2. The van der Waals surface area contributed by atoms with Crippen LogP contribution in [-0.4, -0.2) is 18.4 Å². The lowest BCUT2D eigenvalue weighted by Crippen LogP contribution is -2.11. The Bertz CT molecular complexity index is 706. The molecule has 0 amide bonds. The first-order valence-corrected chi connectivity index (χ1v) is 8.11. The molecule has 0 N–H and O–H groups in total. The number of ketones is 1. The highest BCUT2D eigenvalue weighted by Crippen LogP contribution is 2.26. The van der Waals surface area contributed by atoms with Gasteiger partial charge in [0.1, 0.15) is 18.8 Å². The van der Waals surface area contributed by atoms with Crippen LogP contribution >= 0.6 is 23.2 Å². The van der Waals surface area contributed by atoms with Crippen molar-refractivity contribution in [2.75, 3.05) is 6.61 Å². The third kappa shape index (κ3) is 4.98. The predicted octanol–water partition coefficient (Wildman–Crippen LogP) is 4.71. The molecule has 0 radical (unpaired) electrons. The quantitative estimate of drug-likeness (QED) is 0.404. The first-order chi connectivity index (χ1) is 11.5. The summed E-state index contributed by atoms with van der Waals surface area (Å²) in [5.74, 6) is -0.260. The summed E-state index contributed by atoms with van der Waals surface area (Å²) in [5, 5.41) is 1.06. The molecule has 2 aromatic carbocycles. The molecule has 2 aromatic rings. The van der Waals surface area contributed by atoms with Gasteiger partial charge in [-0.1, -0.05) is 29.3 Å². The van der Waals surface area contributed by atoms with Gasteiger partial charge in [-0.3, -0.25) is 9.59 Å². The van der Waals surface area contributed by atoms with E-state index in [9.17, 15) is 9.59 Å². The molecule has 0 unspecified atom stereocenters. The van der Waals surface area contributed by atoms with Crippen molar-refractivity contribution in [1.82, 2.24) is 0 Å². The van der Waals surface area contributed by atoms with Crippen molar-refractivity contribution >= 4 is 35.0 Å². The van der Waals surface area contributed by atoms with Crippen molar-refractivity contribution in [3.8, 4) is 5.75 Å². The number of hydrogen-bond acceptors (Lipinski definition) is 4. The maximum atomic E-state index is 11.9. The number of esters is 1. The number of rotatable bonds is 7. The fourth-order valence-electron chi connectivity index (χ4n) is 2.01. The lowest BCUT2D eigenvalue weighted by atomic mass is 10.1. The van der Waals surface area contributed by atoms with Crippen LogP contribution in [0.1, 0.15) is 29.3 Å². The Morgan fingerprint density at radius 3 is 2.21 bits per heavy atom. The molecule has 0 saturated carbocycles. The van der Waals surface area contributed by atoms with Crippen LogP contribution in [0.3, 0.4) is 0 Å². The van der Waals surface area contributed by atoms with Gasteiger partial charge in [0.05, 0.1) is 6.61 Å². The zero-order chi connectivity index (χ0) is 17.5. The maximum Gasteiger partial charge on any atom is 0.313 e. The van der Waals surface area contributed by atoms with Crippen LogP contribution in [-0.2, 0) is 16.1 Å². The van der Waals surface area contributed by atoms with Gasteiger partial charge >= 0.3 is 5.97 Å². The van der Waals surface area contributed by atoms with E-state index in [1.807, 2.05) is 0 Å². The molecule has 24 heavy (non-hydrogen) atoms. The normalized spacial score (nSPS) is 10.3. The van der Waals surface area contributed by atoms with Crippen LogP contribution < -0.4 is 4.74 Å². The van der Waals surface area contributed by atoms with Crippen molar-refractivity contribution in [2.45, 2.75) is 20.0 Å². The zero-order valence-corrected chi connectivity index (χ0v) is 14.6. The Kier molecular flexibility index (Phi) is 6.64. The molecule has 0 aliphatic heterocycles. The van der Waals surface area contributed by atoms with Crippen LogP contribution in [0, 0.1) is 0 Å². The van der Waals surface area contributed by atoms with Crippen LogP contribution in [0.5, 0.6) is 5.75 Å². The van der Waals surface area contributed by atoms with E-state index in [2.05, 4.69) is 0 Å². The van der Waals surface area contributed by atoms with Crippen LogP contribution in [0.4, 0.5) is 0 Å². The SMILES string of the molecule is CCOC(=O)CC(=O)c1ccc(OCc2c(Cl)cccc2Cl)cc1. The van der Waals surface area contributed by atoms with Gasteiger partial charge in [-0.05, 0) is 43.3 Å². The van der Waals surface area contributed by atoms with Crippen LogP contribution in [0.15, 0.2) is 42.5 Å². The lowest BCUT2D eigenvalue weighted by Gasteiger charge is -2.10. The minimum atomic E-state index is -0.531. The van der Waals surface area contributed by atoms with E-state index in [-0.39, 0.29) is 25.4 Å². The molecule has 6 heteroatoms. The minimum Gasteiger partial charge on any atom is -0.489 e. The van der Waals surface area contributed by atoms with Crippen molar-refractivity contribution in [1.29, 1.82) is 0 Å². The van der Waals surface area contributed by atoms with Gasteiger partial charge in [0.15, 0.2) is 5.78 Å². The van der Waals surface area contributed by atoms with E-state index < -0.39 is 5.97 Å². The van der Waals surface area contributed by atoms with Crippen LogP contribution in [0.2, 0.25) is 10.0 Å². The van der Waals surface area contributed by atoms with Crippen molar-refractivity contribution in [2.24, 2.45) is 0 Å². The first kappa shape index (κ1) is 18.3. The van der Waals surface area contributed by atoms with Gasteiger partial charge in [-0.2, -0.15) is 0 Å². The van der Waals surface area contributed by atoms with Crippen molar-refractivity contribution in [3.63, 3.8) is 0 Å².